The van der Waals surface area contributed by atoms with E-state index in [2.05, 4.69) is 54.4 Å². The molecule has 0 amide bonds. The summed E-state index contributed by atoms with van der Waals surface area (Å²) in [5.41, 5.74) is 1.25. The predicted octanol–water partition coefficient (Wildman–Crippen LogP) is 8.01. The average molecular weight is 380 g/mol. The third-order valence-corrected chi connectivity index (χ3v) is 5.85. The fourth-order valence-electron chi connectivity index (χ4n) is 4.08. The molecule has 0 aliphatic carbocycles. The van der Waals surface area contributed by atoms with Crippen molar-refractivity contribution in [2.75, 3.05) is 6.54 Å². The Morgan fingerprint density at radius 2 is 1.43 bits per heavy atom. The van der Waals surface area contributed by atoms with E-state index in [-0.39, 0.29) is 6.10 Å². The van der Waals surface area contributed by atoms with Gasteiger partial charge in [0.05, 0.1) is 6.54 Å². The van der Waals surface area contributed by atoms with Crippen LogP contribution in [0.1, 0.15) is 95.6 Å². The second kappa shape index (κ2) is 11.9. The topological polar surface area (TPSA) is 21.6 Å². The number of aliphatic imine (C=N–C) groups is 1. The lowest BCUT2D eigenvalue weighted by Gasteiger charge is -2.12. The minimum Gasteiger partial charge on any atom is -0.471 e. The fourth-order valence-corrected chi connectivity index (χ4v) is 4.08. The quantitative estimate of drug-likeness (QED) is 0.323. The highest BCUT2D eigenvalue weighted by Gasteiger charge is 2.21. The largest absolute Gasteiger partial charge is 0.471 e. The molecule has 0 bridgehead atoms. The molecule has 1 atom stereocenters. The van der Waals surface area contributed by atoms with Crippen molar-refractivity contribution < 1.29 is 4.74 Å². The fraction of sp³-hybridized carbons (Fsp3) is 0.577. The molecule has 0 spiro atoms. The normalized spacial score (nSPS) is 16.3. The van der Waals surface area contributed by atoms with Crippen molar-refractivity contribution in [3.8, 4) is 0 Å². The Morgan fingerprint density at radius 3 is 2.14 bits per heavy atom. The first kappa shape index (κ1) is 20.9. The van der Waals surface area contributed by atoms with Gasteiger partial charge in [0.1, 0.15) is 6.10 Å². The number of hydrogen-bond acceptors (Lipinski definition) is 2. The zero-order valence-electron chi connectivity index (χ0n) is 17.7. The van der Waals surface area contributed by atoms with Gasteiger partial charge in [-0.05, 0) is 28.8 Å². The summed E-state index contributed by atoms with van der Waals surface area (Å²) in [5, 5.41) is 2.56. The highest BCUT2D eigenvalue weighted by molar-refractivity contribution is 5.83. The number of nitrogens with zero attached hydrogens (tertiary/aromatic N) is 1. The Bertz CT molecular complexity index is 736. The first-order chi connectivity index (χ1) is 13.9. The van der Waals surface area contributed by atoms with E-state index < -0.39 is 0 Å². The van der Waals surface area contributed by atoms with Gasteiger partial charge in [-0.25, -0.2) is 0 Å². The molecule has 1 aliphatic rings. The van der Waals surface area contributed by atoms with Crippen LogP contribution in [0.3, 0.4) is 0 Å². The molecule has 0 unspecified atom stereocenters. The van der Waals surface area contributed by atoms with Crippen LogP contribution in [-0.4, -0.2) is 12.4 Å². The van der Waals surface area contributed by atoms with Gasteiger partial charge < -0.3 is 4.74 Å². The molecule has 0 fully saturated rings. The number of ether oxygens (including phenoxy) is 1. The third kappa shape index (κ3) is 6.65. The van der Waals surface area contributed by atoms with Gasteiger partial charge in [-0.2, -0.15) is 0 Å². The lowest BCUT2D eigenvalue weighted by molar-refractivity contribution is 0.223. The summed E-state index contributed by atoms with van der Waals surface area (Å²) in [5.74, 6) is 0.967. The third-order valence-electron chi connectivity index (χ3n) is 5.85. The van der Waals surface area contributed by atoms with Crippen LogP contribution < -0.4 is 0 Å². The SMILES string of the molecule is CCCCCCCCCCCCCC1=NC[C@H](c2ccc3ccccc3c2)O1. The summed E-state index contributed by atoms with van der Waals surface area (Å²) in [6, 6.07) is 15.1. The van der Waals surface area contributed by atoms with Gasteiger partial charge in [-0.15, -0.1) is 0 Å². The van der Waals surface area contributed by atoms with Gasteiger partial charge >= 0.3 is 0 Å². The lowest BCUT2D eigenvalue weighted by Crippen LogP contribution is -2.05. The van der Waals surface area contributed by atoms with E-state index in [1.165, 1.54) is 87.0 Å². The second-order valence-corrected chi connectivity index (χ2v) is 8.23. The van der Waals surface area contributed by atoms with Crippen molar-refractivity contribution in [3.05, 3.63) is 48.0 Å². The van der Waals surface area contributed by atoms with E-state index in [0.717, 1.165) is 18.9 Å². The maximum Gasteiger partial charge on any atom is 0.184 e. The van der Waals surface area contributed by atoms with Gasteiger partial charge in [0, 0.05) is 6.42 Å². The molecule has 0 radical (unpaired) electrons. The molecule has 152 valence electrons. The number of fused-ring (bicyclic) bond motifs is 1. The van der Waals surface area contributed by atoms with Crippen molar-refractivity contribution in [1.29, 1.82) is 0 Å². The Hall–Kier alpha value is -1.83. The standard InChI is InChI=1S/C26H37NO/c1-2-3-4-5-6-7-8-9-10-11-12-17-26-27-21-25(28-26)24-19-18-22-15-13-14-16-23(22)20-24/h13-16,18-20,25H,2-12,17,21H2,1H3/t25-/m1/s1. The van der Waals surface area contributed by atoms with Crippen molar-refractivity contribution in [2.45, 2.75) is 90.1 Å². The van der Waals surface area contributed by atoms with Gasteiger partial charge in [0.25, 0.3) is 0 Å². The van der Waals surface area contributed by atoms with Crippen molar-refractivity contribution in [1.82, 2.24) is 0 Å². The number of benzene rings is 2. The van der Waals surface area contributed by atoms with Crippen LogP contribution >= 0.6 is 0 Å². The zero-order valence-corrected chi connectivity index (χ0v) is 17.7. The Balaban J connectivity index is 1.26. The summed E-state index contributed by atoms with van der Waals surface area (Å²) in [4.78, 5) is 4.65. The number of hydrogen-bond donors (Lipinski definition) is 0. The van der Waals surface area contributed by atoms with Crippen LogP contribution in [0.4, 0.5) is 0 Å². The maximum atomic E-state index is 6.14. The molecule has 2 nitrogen and oxygen atoms in total. The van der Waals surface area contributed by atoms with E-state index in [9.17, 15) is 0 Å². The van der Waals surface area contributed by atoms with Crippen LogP contribution in [-0.2, 0) is 4.74 Å². The smallest absolute Gasteiger partial charge is 0.184 e. The molecule has 0 saturated heterocycles. The first-order valence-electron chi connectivity index (χ1n) is 11.6. The molecular formula is C26H37NO. The van der Waals surface area contributed by atoms with Crippen LogP contribution in [0.5, 0.6) is 0 Å². The summed E-state index contributed by atoms with van der Waals surface area (Å²) in [6.07, 6.45) is 16.2. The van der Waals surface area contributed by atoms with Gasteiger partial charge in [0.2, 0.25) is 0 Å². The second-order valence-electron chi connectivity index (χ2n) is 8.23. The summed E-state index contributed by atoms with van der Waals surface area (Å²) in [6.45, 7) is 3.05. The predicted molar refractivity (Wildman–Crippen MR) is 121 cm³/mol. The zero-order chi connectivity index (χ0) is 19.4. The van der Waals surface area contributed by atoms with Crippen LogP contribution in [0.2, 0.25) is 0 Å². The van der Waals surface area contributed by atoms with Crippen LogP contribution in [0.25, 0.3) is 10.8 Å². The maximum absolute atomic E-state index is 6.14. The van der Waals surface area contributed by atoms with E-state index in [4.69, 9.17) is 4.74 Å². The molecule has 3 rings (SSSR count). The van der Waals surface area contributed by atoms with Crippen LogP contribution in [0, 0.1) is 0 Å². The number of rotatable bonds is 13. The molecule has 28 heavy (non-hydrogen) atoms. The molecule has 0 saturated carbocycles. The summed E-state index contributed by atoms with van der Waals surface area (Å²) in [7, 11) is 0. The monoisotopic (exact) mass is 379 g/mol. The molecule has 2 aromatic carbocycles. The van der Waals surface area contributed by atoms with E-state index in [0.29, 0.717) is 0 Å². The van der Waals surface area contributed by atoms with Crippen molar-refractivity contribution in [3.63, 3.8) is 0 Å². The van der Waals surface area contributed by atoms with Crippen molar-refractivity contribution >= 4 is 16.7 Å². The molecule has 1 heterocycles. The Morgan fingerprint density at radius 1 is 0.786 bits per heavy atom. The summed E-state index contributed by atoms with van der Waals surface area (Å²) < 4.78 is 6.14. The molecule has 2 aromatic rings. The lowest BCUT2D eigenvalue weighted by atomic mass is 10.0. The van der Waals surface area contributed by atoms with E-state index in [1.54, 1.807) is 0 Å². The van der Waals surface area contributed by atoms with Crippen LogP contribution in [0.15, 0.2) is 47.5 Å². The van der Waals surface area contributed by atoms with E-state index in [1.807, 2.05) is 0 Å². The van der Waals surface area contributed by atoms with Gasteiger partial charge in [-0.1, -0.05) is 108 Å². The number of unbranched alkanes of at least 4 members (excludes halogenated alkanes) is 10. The molecule has 1 aliphatic heterocycles. The van der Waals surface area contributed by atoms with Gasteiger partial charge in [0.15, 0.2) is 5.90 Å². The Labute approximate surface area is 171 Å². The average Bonchev–Trinajstić information content (AvgIpc) is 3.20. The minimum absolute atomic E-state index is 0.104. The Kier molecular flexibility index (Phi) is 8.87. The molecular weight excluding hydrogens is 342 g/mol. The summed E-state index contributed by atoms with van der Waals surface area (Å²) >= 11 is 0. The minimum atomic E-state index is 0.104. The highest BCUT2D eigenvalue weighted by atomic mass is 16.5. The molecule has 0 aromatic heterocycles. The molecule has 2 heteroatoms. The highest BCUT2D eigenvalue weighted by Crippen LogP contribution is 2.27. The first-order valence-corrected chi connectivity index (χ1v) is 11.6. The van der Waals surface area contributed by atoms with E-state index >= 15 is 0 Å². The van der Waals surface area contributed by atoms with Gasteiger partial charge in [-0.3, -0.25) is 4.99 Å². The molecule has 0 N–H and O–H groups in total. The van der Waals surface area contributed by atoms with Crippen molar-refractivity contribution in [2.24, 2.45) is 4.99 Å².